The Kier molecular flexibility index (Phi) is 8.72. The van der Waals surface area contributed by atoms with Gasteiger partial charge in [0.25, 0.3) is 0 Å². The minimum Gasteiger partial charge on any atom is -1.00 e. The quantitative estimate of drug-likeness (QED) is 0.307. The molecule has 1 unspecified atom stereocenters. The topological polar surface area (TPSA) is 39.4 Å². The Bertz CT molecular complexity index is 808. The van der Waals surface area contributed by atoms with Gasteiger partial charge in [-0.2, -0.15) is 0 Å². The Balaban J connectivity index is 0.00000256. The number of carbonyl (C=O) groups excluding carboxylic acids is 1. The molecule has 3 atom stereocenters. The minimum absolute atomic E-state index is 0. The largest absolute Gasteiger partial charge is 1.00 e. The fourth-order valence-corrected chi connectivity index (χ4v) is 5.98. The van der Waals surface area contributed by atoms with Crippen molar-refractivity contribution in [1.29, 1.82) is 0 Å². The number of esters is 1. The van der Waals surface area contributed by atoms with Gasteiger partial charge >= 0.3 is 5.97 Å². The molecule has 0 spiro atoms. The van der Waals surface area contributed by atoms with Gasteiger partial charge in [-0.15, -0.1) is 11.8 Å². The predicted octanol–water partition coefficient (Wildman–Crippen LogP) is 2.28. The van der Waals surface area contributed by atoms with Gasteiger partial charge in [-0.05, 0) is 43.4 Å². The summed E-state index contributed by atoms with van der Waals surface area (Å²) in [4.78, 5) is 12.5. The van der Waals surface area contributed by atoms with Crippen LogP contribution in [0.2, 0.25) is 0 Å². The number of quaternary nitrogens is 1. The number of fused-ring (bicyclic) bond motifs is 1. The van der Waals surface area contributed by atoms with E-state index in [9.17, 15) is 4.79 Å². The Morgan fingerprint density at radius 1 is 1.07 bits per heavy atom. The molecule has 0 N–H and O–H groups in total. The van der Waals surface area contributed by atoms with Gasteiger partial charge in [0, 0.05) is 18.1 Å². The Morgan fingerprint density at radius 3 is 2.70 bits per heavy atom. The minimum atomic E-state index is -0.320. The van der Waals surface area contributed by atoms with E-state index in [0.29, 0.717) is 24.3 Å². The van der Waals surface area contributed by atoms with Crippen LogP contribution in [0.3, 0.4) is 0 Å². The van der Waals surface area contributed by atoms with E-state index in [2.05, 4.69) is 31.3 Å². The van der Waals surface area contributed by atoms with Crippen LogP contribution in [0.4, 0.5) is 0 Å². The van der Waals surface area contributed by atoms with Gasteiger partial charge in [0.15, 0.2) is 0 Å². The first kappa shape index (κ1) is 23.7. The summed E-state index contributed by atoms with van der Waals surface area (Å²) >= 11 is 1.78. The molecular weight excluding hydrogens is 509 g/mol. The second kappa shape index (κ2) is 11.0. The van der Waals surface area contributed by atoms with Gasteiger partial charge in [0.1, 0.15) is 12.4 Å². The van der Waals surface area contributed by atoms with Crippen LogP contribution >= 0.6 is 11.8 Å². The predicted molar refractivity (Wildman–Crippen MR) is 117 cm³/mol. The molecule has 0 radical (unpaired) electrons. The van der Waals surface area contributed by atoms with Crippen LogP contribution in [0, 0.1) is 5.92 Å². The summed E-state index contributed by atoms with van der Waals surface area (Å²) in [6.07, 6.45) is 6.31. The highest BCUT2D eigenvalue weighted by atomic mass is 127. The van der Waals surface area contributed by atoms with E-state index in [-0.39, 0.29) is 29.9 Å². The fourth-order valence-electron chi connectivity index (χ4n) is 5.09. The lowest BCUT2D eigenvalue weighted by Crippen LogP contribution is -3.00. The summed E-state index contributed by atoms with van der Waals surface area (Å²) in [5.41, 5.74) is 1.30. The highest BCUT2D eigenvalue weighted by Gasteiger charge is 2.43. The van der Waals surface area contributed by atoms with Gasteiger partial charge in [-0.1, -0.05) is 30.3 Å². The molecule has 1 aromatic carbocycles. The van der Waals surface area contributed by atoms with Crippen LogP contribution in [-0.2, 0) is 16.2 Å². The number of rotatable bonds is 7. The number of thioether (sulfide) groups is 1. The van der Waals surface area contributed by atoms with Crippen molar-refractivity contribution in [3.8, 4) is 0 Å². The second-order valence-corrected chi connectivity index (χ2v) is 9.72. The molecule has 2 aromatic rings. The van der Waals surface area contributed by atoms with E-state index in [4.69, 9.17) is 9.15 Å². The van der Waals surface area contributed by atoms with Crippen LogP contribution in [0.5, 0.6) is 0 Å². The van der Waals surface area contributed by atoms with E-state index in [1.165, 1.54) is 55.2 Å². The van der Waals surface area contributed by atoms with Crippen LogP contribution in [0.25, 0.3) is 0 Å². The van der Waals surface area contributed by atoms with Crippen molar-refractivity contribution in [2.75, 3.05) is 26.7 Å². The first-order chi connectivity index (χ1) is 14.1. The van der Waals surface area contributed by atoms with E-state index in [1.807, 2.05) is 12.1 Å². The molecular formula is C24H32INO3S. The lowest BCUT2D eigenvalue weighted by atomic mass is 9.82. The van der Waals surface area contributed by atoms with Gasteiger partial charge in [0.05, 0.1) is 31.9 Å². The van der Waals surface area contributed by atoms with Crippen LogP contribution in [0.1, 0.15) is 54.0 Å². The number of halogens is 1. The van der Waals surface area contributed by atoms with Crippen molar-refractivity contribution in [1.82, 2.24) is 0 Å². The molecule has 4 rings (SSSR count). The molecule has 0 amide bonds. The monoisotopic (exact) mass is 541 g/mol. The molecule has 2 fully saturated rings. The molecule has 0 aliphatic carbocycles. The smallest absolute Gasteiger partial charge is 0.374 e. The molecule has 164 valence electrons. The summed E-state index contributed by atoms with van der Waals surface area (Å²) in [5.74, 6) is 3.00. The molecule has 2 aliphatic heterocycles. The zero-order valence-electron chi connectivity index (χ0n) is 17.7. The van der Waals surface area contributed by atoms with E-state index < -0.39 is 0 Å². The zero-order chi connectivity index (χ0) is 20.1. The average molecular weight is 541 g/mol. The number of piperidine rings is 2. The Labute approximate surface area is 201 Å². The lowest BCUT2D eigenvalue weighted by Gasteiger charge is -2.51. The van der Waals surface area contributed by atoms with Crippen molar-refractivity contribution in [3.05, 3.63) is 59.5 Å². The third-order valence-corrected chi connectivity index (χ3v) is 7.68. The van der Waals surface area contributed by atoms with E-state index in [0.717, 1.165) is 17.3 Å². The second-order valence-electron chi connectivity index (χ2n) is 8.73. The maximum Gasteiger partial charge on any atom is 0.374 e. The normalized spacial score (nSPS) is 25.8. The summed E-state index contributed by atoms with van der Waals surface area (Å²) in [6, 6.07) is 14.7. The van der Waals surface area contributed by atoms with Crippen LogP contribution < -0.4 is 24.0 Å². The maximum absolute atomic E-state index is 12.5. The van der Waals surface area contributed by atoms with Crippen LogP contribution in [-0.4, -0.2) is 43.2 Å². The standard InChI is InChI=1S/C24H32NO3S.HI/c1-25-14-6-5-11-22(25)20(10-7-15-25)16-27-24(26)23-13-12-21(28-23)18-29-17-19-8-3-2-4-9-19;/h2-4,8-9,12-13,20,22H,5-7,10-11,14-18H2,1H3;1H/q+1;/p-1/t20-,22+,25?;/m1./s1. The van der Waals surface area contributed by atoms with Gasteiger partial charge in [0.2, 0.25) is 5.76 Å². The summed E-state index contributed by atoms with van der Waals surface area (Å²) in [7, 11) is 2.39. The van der Waals surface area contributed by atoms with E-state index in [1.54, 1.807) is 17.8 Å². The number of ether oxygens (including phenoxy) is 1. The third-order valence-electron chi connectivity index (χ3n) is 6.65. The highest BCUT2D eigenvalue weighted by molar-refractivity contribution is 7.97. The summed E-state index contributed by atoms with van der Waals surface area (Å²) in [5, 5.41) is 0. The summed E-state index contributed by atoms with van der Waals surface area (Å²) < 4.78 is 12.6. The number of benzene rings is 1. The SMILES string of the molecule is C[N+]12CCCC[C@H]1[C@@H](COC(=O)c1ccc(CSCc3ccccc3)o1)CCC2.[I-]. The third kappa shape index (κ3) is 5.82. The van der Waals surface area contributed by atoms with E-state index >= 15 is 0 Å². The fraction of sp³-hybridized carbons (Fsp3) is 0.542. The first-order valence-electron chi connectivity index (χ1n) is 10.9. The number of carbonyl (C=O) groups is 1. The molecule has 2 aliphatic rings. The van der Waals surface area contributed by atoms with Crippen molar-refractivity contribution in [2.24, 2.45) is 5.92 Å². The first-order valence-corrected chi connectivity index (χ1v) is 12.0. The Hall–Kier alpha value is -0.990. The van der Waals surface area contributed by atoms with Crippen LogP contribution in [0.15, 0.2) is 46.9 Å². The van der Waals surface area contributed by atoms with Crippen molar-refractivity contribution >= 4 is 17.7 Å². The number of hydrogen-bond donors (Lipinski definition) is 0. The highest BCUT2D eigenvalue weighted by Crippen LogP contribution is 2.36. The lowest BCUT2D eigenvalue weighted by molar-refractivity contribution is -0.947. The average Bonchev–Trinajstić information content (AvgIpc) is 3.21. The number of nitrogens with zero attached hydrogens (tertiary/aromatic N) is 1. The molecule has 0 saturated carbocycles. The zero-order valence-corrected chi connectivity index (χ0v) is 20.7. The van der Waals surface area contributed by atoms with Crippen molar-refractivity contribution in [2.45, 2.75) is 49.7 Å². The number of furan rings is 1. The van der Waals surface area contributed by atoms with Gasteiger partial charge in [-0.25, -0.2) is 4.79 Å². The summed E-state index contributed by atoms with van der Waals surface area (Å²) in [6.45, 7) is 3.07. The molecule has 0 bridgehead atoms. The molecule has 4 nitrogen and oxygen atoms in total. The van der Waals surface area contributed by atoms with Gasteiger partial charge in [-0.3, -0.25) is 0 Å². The molecule has 30 heavy (non-hydrogen) atoms. The molecule has 3 heterocycles. The molecule has 6 heteroatoms. The molecule has 2 saturated heterocycles. The number of hydrogen-bond acceptors (Lipinski definition) is 4. The molecule has 1 aromatic heterocycles. The van der Waals surface area contributed by atoms with Crippen molar-refractivity contribution in [3.63, 3.8) is 0 Å². The Morgan fingerprint density at radius 2 is 1.87 bits per heavy atom. The van der Waals surface area contributed by atoms with Crippen molar-refractivity contribution < 1.29 is 42.4 Å². The van der Waals surface area contributed by atoms with Gasteiger partial charge < -0.3 is 37.6 Å². The maximum atomic E-state index is 12.5.